The van der Waals surface area contributed by atoms with Crippen LogP contribution in [0.25, 0.3) is 0 Å². The minimum atomic E-state index is -0.952. The van der Waals surface area contributed by atoms with Crippen LogP contribution in [0.4, 0.5) is 5.69 Å². The zero-order valence-corrected chi connectivity index (χ0v) is 10.9. The minimum Gasteiger partial charge on any atom is -0.480 e. The van der Waals surface area contributed by atoms with E-state index in [2.05, 4.69) is 5.32 Å². The molecule has 2 rings (SSSR count). The molecule has 1 aliphatic heterocycles. The third kappa shape index (κ3) is 3.12. The molecule has 0 aromatic heterocycles. The largest absolute Gasteiger partial charge is 0.480 e. The number of aliphatic carboxylic acids is 1. The molecular formula is C14H18N2O3. The number of carboxylic acid groups (broad SMARTS) is 1. The van der Waals surface area contributed by atoms with Crippen molar-refractivity contribution in [1.29, 1.82) is 0 Å². The van der Waals surface area contributed by atoms with Crippen molar-refractivity contribution in [1.82, 2.24) is 5.32 Å². The molecule has 0 unspecified atom stereocenters. The Morgan fingerprint density at radius 3 is 2.89 bits per heavy atom. The Morgan fingerprint density at radius 1 is 1.42 bits per heavy atom. The van der Waals surface area contributed by atoms with Gasteiger partial charge in [0, 0.05) is 12.2 Å². The molecule has 1 atom stereocenters. The summed E-state index contributed by atoms with van der Waals surface area (Å²) in [6.07, 6.45) is 1.93. The third-order valence-corrected chi connectivity index (χ3v) is 3.34. The van der Waals surface area contributed by atoms with E-state index < -0.39 is 12.0 Å². The number of nitrogens with one attached hydrogen (secondary N) is 1. The van der Waals surface area contributed by atoms with E-state index in [1.54, 1.807) is 4.90 Å². The Kier molecular flexibility index (Phi) is 4.16. The van der Waals surface area contributed by atoms with Gasteiger partial charge >= 0.3 is 5.97 Å². The highest BCUT2D eigenvalue weighted by Crippen LogP contribution is 2.26. The van der Waals surface area contributed by atoms with Crippen molar-refractivity contribution in [2.24, 2.45) is 0 Å². The number of anilines is 1. The Balaban J connectivity index is 2.03. The van der Waals surface area contributed by atoms with E-state index in [0.29, 0.717) is 6.54 Å². The van der Waals surface area contributed by atoms with Gasteiger partial charge in [-0.05, 0) is 31.4 Å². The summed E-state index contributed by atoms with van der Waals surface area (Å²) < 4.78 is 0. The second-order valence-electron chi connectivity index (χ2n) is 4.72. The third-order valence-electron chi connectivity index (χ3n) is 3.34. The van der Waals surface area contributed by atoms with Gasteiger partial charge in [0.2, 0.25) is 5.91 Å². The molecule has 1 aromatic carbocycles. The lowest BCUT2D eigenvalue weighted by atomic mass is 10.0. The molecule has 0 saturated carbocycles. The second-order valence-corrected chi connectivity index (χ2v) is 4.72. The van der Waals surface area contributed by atoms with Gasteiger partial charge in [-0.1, -0.05) is 18.2 Å². The maximum atomic E-state index is 12.2. The van der Waals surface area contributed by atoms with E-state index in [0.717, 1.165) is 18.5 Å². The van der Waals surface area contributed by atoms with E-state index in [1.807, 2.05) is 24.3 Å². The molecule has 1 aromatic rings. The molecule has 0 radical (unpaired) electrons. The van der Waals surface area contributed by atoms with Crippen LogP contribution in [0.1, 0.15) is 18.9 Å². The van der Waals surface area contributed by atoms with Crippen molar-refractivity contribution < 1.29 is 14.7 Å². The fourth-order valence-corrected chi connectivity index (χ4v) is 2.22. The highest BCUT2D eigenvalue weighted by atomic mass is 16.4. The number of rotatable bonds is 4. The minimum absolute atomic E-state index is 0.0435. The van der Waals surface area contributed by atoms with Crippen LogP contribution in [-0.4, -0.2) is 36.1 Å². The first-order valence-corrected chi connectivity index (χ1v) is 6.44. The molecular weight excluding hydrogens is 244 g/mol. The average molecular weight is 262 g/mol. The molecule has 0 bridgehead atoms. The van der Waals surface area contributed by atoms with E-state index in [1.165, 1.54) is 12.5 Å². The summed E-state index contributed by atoms with van der Waals surface area (Å²) in [7, 11) is 0. The van der Waals surface area contributed by atoms with E-state index >= 15 is 0 Å². The fraction of sp³-hybridized carbons (Fsp3) is 0.429. The van der Waals surface area contributed by atoms with Crippen molar-refractivity contribution in [2.75, 3.05) is 18.0 Å². The average Bonchev–Trinajstić information content (AvgIpc) is 2.43. The summed E-state index contributed by atoms with van der Waals surface area (Å²) in [5.41, 5.74) is 2.12. The van der Waals surface area contributed by atoms with Gasteiger partial charge in [0.15, 0.2) is 0 Å². The summed E-state index contributed by atoms with van der Waals surface area (Å²) in [5, 5.41) is 11.5. The van der Waals surface area contributed by atoms with Crippen molar-refractivity contribution in [3.63, 3.8) is 0 Å². The van der Waals surface area contributed by atoms with Crippen LogP contribution in [0.5, 0.6) is 0 Å². The van der Waals surface area contributed by atoms with E-state index in [-0.39, 0.29) is 12.5 Å². The van der Waals surface area contributed by atoms with Gasteiger partial charge in [-0.3, -0.25) is 14.9 Å². The fourth-order valence-electron chi connectivity index (χ4n) is 2.22. The van der Waals surface area contributed by atoms with E-state index in [9.17, 15) is 9.59 Å². The number of benzene rings is 1. The van der Waals surface area contributed by atoms with Crippen LogP contribution in [0.15, 0.2) is 24.3 Å². The highest BCUT2D eigenvalue weighted by Gasteiger charge is 2.22. The Labute approximate surface area is 112 Å². The van der Waals surface area contributed by atoms with Gasteiger partial charge in [0.25, 0.3) is 0 Å². The number of hydrogen-bond donors (Lipinski definition) is 2. The van der Waals surface area contributed by atoms with Crippen LogP contribution in [0.2, 0.25) is 0 Å². The number of fused-ring (bicyclic) bond motifs is 1. The van der Waals surface area contributed by atoms with Crippen LogP contribution < -0.4 is 10.2 Å². The molecule has 102 valence electrons. The summed E-state index contributed by atoms with van der Waals surface area (Å²) in [6, 6.07) is 7.13. The SMILES string of the molecule is C[C@H](NCC(=O)N1CCCc2ccccc21)C(=O)O. The lowest BCUT2D eigenvalue weighted by molar-refractivity contribution is -0.139. The van der Waals surface area contributed by atoms with Crippen LogP contribution in [0, 0.1) is 0 Å². The topological polar surface area (TPSA) is 69.6 Å². The van der Waals surface area contributed by atoms with Gasteiger partial charge < -0.3 is 10.0 Å². The van der Waals surface area contributed by atoms with Crippen LogP contribution in [-0.2, 0) is 16.0 Å². The van der Waals surface area contributed by atoms with Crippen molar-refractivity contribution in [3.05, 3.63) is 29.8 Å². The number of para-hydroxylation sites is 1. The monoisotopic (exact) mass is 262 g/mol. The van der Waals surface area contributed by atoms with Crippen molar-refractivity contribution >= 4 is 17.6 Å². The lowest BCUT2D eigenvalue weighted by Gasteiger charge is -2.29. The Morgan fingerprint density at radius 2 is 2.16 bits per heavy atom. The first-order chi connectivity index (χ1) is 9.09. The Bertz CT molecular complexity index is 487. The lowest BCUT2D eigenvalue weighted by Crippen LogP contribution is -2.45. The molecule has 1 amide bonds. The number of carbonyl (C=O) groups is 2. The van der Waals surface area contributed by atoms with E-state index in [4.69, 9.17) is 5.11 Å². The first kappa shape index (κ1) is 13.5. The molecule has 2 N–H and O–H groups in total. The highest BCUT2D eigenvalue weighted by molar-refractivity contribution is 5.96. The number of hydrogen-bond acceptors (Lipinski definition) is 3. The zero-order chi connectivity index (χ0) is 13.8. The number of aryl methyl sites for hydroxylation is 1. The standard InChI is InChI=1S/C14H18N2O3/c1-10(14(18)19)15-9-13(17)16-8-4-6-11-5-2-3-7-12(11)16/h2-3,5,7,10,15H,4,6,8-9H2,1H3,(H,18,19)/t10-/m0/s1. The summed E-state index contributed by atoms with van der Waals surface area (Å²) >= 11 is 0. The molecule has 1 aliphatic rings. The second kappa shape index (κ2) is 5.84. The molecule has 0 aliphatic carbocycles. The number of nitrogens with zero attached hydrogens (tertiary/aromatic N) is 1. The van der Waals surface area contributed by atoms with Gasteiger partial charge in [-0.2, -0.15) is 0 Å². The quantitative estimate of drug-likeness (QED) is 0.850. The summed E-state index contributed by atoms with van der Waals surface area (Å²) in [5.74, 6) is -1.04. The molecule has 0 saturated heterocycles. The van der Waals surface area contributed by atoms with Gasteiger partial charge in [0.1, 0.15) is 6.04 Å². The van der Waals surface area contributed by atoms with Gasteiger partial charge in [-0.15, -0.1) is 0 Å². The smallest absolute Gasteiger partial charge is 0.320 e. The van der Waals surface area contributed by atoms with Gasteiger partial charge in [-0.25, -0.2) is 0 Å². The maximum Gasteiger partial charge on any atom is 0.320 e. The zero-order valence-electron chi connectivity index (χ0n) is 10.9. The molecule has 5 nitrogen and oxygen atoms in total. The normalized spacial score (nSPS) is 15.7. The van der Waals surface area contributed by atoms with Crippen LogP contribution >= 0.6 is 0 Å². The number of amides is 1. The van der Waals surface area contributed by atoms with Crippen molar-refractivity contribution in [3.8, 4) is 0 Å². The number of carbonyl (C=O) groups excluding carboxylic acids is 1. The molecule has 0 spiro atoms. The Hall–Kier alpha value is -1.88. The maximum absolute atomic E-state index is 12.2. The van der Waals surface area contributed by atoms with Crippen LogP contribution in [0.3, 0.4) is 0 Å². The molecule has 5 heteroatoms. The predicted molar refractivity (Wildman–Crippen MR) is 72.2 cm³/mol. The molecule has 0 fully saturated rings. The summed E-state index contributed by atoms with van der Waals surface area (Å²) in [6.45, 7) is 2.26. The summed E-state index contributed by atoms with van der Waals surface area (Å²) in [4.78, 5) is 24.6. The first-order valence-electron chi connectivity index (χ1n) is 6.44. The van der Waals surface area contributed by atoms with Gasteiger partial charge in [0.05, 0.1) is 6.54 Å². The molecule has 19 heavy (non-hydrogen) atoms. The number of carboxylic acids is 1. The predicted octanol–water partition coefficient (Wildman–Crippen LogP) is 1.03. The van der Waals surface area contributed by atoms with Crippen molar-refractivity contribution in [2.45, 2.75) is 25.8 Å². The molecule has 1 heterocycles.